The van der Waals surface area contributed by atoms with Crippen LogP contribution in [0.2, 0.25) is 0 Å². The first-order valence-electron chi connectivity index (χ1n) is 10.2. The fourth-order valence-corrected chi connectivity index (χ4v) is 4.60. The number of aliphatic hydroxyl groups is 1. The van der Waals surface area contributed by atoms with Crippen molar-refractivity contribution in [2.45, 2.75) is 51.1 Å². The zero-order valence-corrected chi connectivity index (χ0v) is 19.2. The summed E-state index contributed by atoms with van der Waals surface area (Å²) in [5, 5.41) is 9.23. The van der Waals surface area contributed by atoms with Gasteiger partial charge in [-0.15, -0.1) is 11.8 Å². The van der Waals surface area contributed by atoms with Crippen LogP contribution in [0.15, 0.2) is 42.7 Å². The Labute approximate surface area is 195 Å². The molecule has 1 N–H and O–H groups in total. The summed E-state index contributed by atoms with van der Waals surface area (Å²) < 4.78 is 22.2. The highest BCUT2D eigenvalue weighted by molar-refractivity contribution is 7.99. The zero-order valence-electron chi connectivity index (χ0n) is 18.4. The van der Waals surface area contributed by atoms with E-state index in [1.165, 1.54) is 38.7 Å². The molecular formula is C23H25NO8S. The van der Waals surface area contributed by atoms with Gasteiger partial charge in [-0.25, -0.2) is 0 Å². The predicted molar refractivity (Wildman–Crippen MR) is 119 cm³/mol. The average Bonchev–Trinajstić information content (AvgIpc) is 2.77. The van der Waals surface area contributed by atoms with E-state index in [-0.39, 0.29) is 12.4 Å². The molecule has 1 saturated heterocycles. The van der Waals surface area contributed by atoms with Gasteiger partial charge in [0.25, 0.3) is 0 Å². The summed E-state index contributed by atoms with van der Waals surface area (Å²) in [4.78, 5) is 39.3. The van der Waals surface area contributed by atoms with E-state index in [2.05, 4.69) is 4.98 Å². The molecule has 0 aliphatic carbocycles. The molecule has 1 aromatic carbocycles. The third-order valence-electron chi connectivity index (χ3n) is 4.74. The molecular weight excluding hydrogens is 450 g/mol. The van der Waals surface area contributed by atoms with Crippen molar-refractivity contribution in [3.63, 3.8) is 0 Å². The summed E-state index contributed by atoms with van der Waals surface area (Å²) in [7, 11) is 0. The quantitative estimate of drug-likeness (QED) is 0.472. The molecule has 3 rings (SSSR count). The van der Waals surface area contributed by atoms with Crippen molar-refractivity contribution < 1.29 is 38.4 Å². The van der Waals surface area contributed by atoms with Crippen molar-refractivity contribution >= 4 is 29.7 Å². The lowest BCUT2D eigenvalue weighted by Crippen LogP contribution is -2.55. The van der Waals surface area contributed by atoms with E-state index in [0.717, 1.165) is 16.7 Å². The maximum absolute atomic E-state index is 11.8. The topological polar surface area (TPSA) is 121 Å². The van der Waals surface area contributed by atoms with Crippen molar-refractivity contribution in [1.29, 1.82) is 0 Å². The number of aromatic nitrogens is 1. The summed E-state index contributed by atoms with van der Waals surface area (Å²) in [5.41, 5.74) is 1.72. The van der Waals surface area contributed by atoms with Crippen LogP contribution in [-0.2, 0) is 35.2 Å². The molecule has 2 aromatic rings. The normalized spacial score (nSPS) is 22.2. The maximum atomic E-state index is 11.8. The number of nitrogens with zero attached hydrogens (tertiary/aromatic N) is 1. The molecule has 0 bridgehead atoms. The van der Waals surface area contributed by atoms with Crippen LogP contribution < -0.4 is 4.74 Å². The first-order chi connectivity index (χ1) is 15.8. The fourth-order valence-electron chi connectivity index (χ4n) is 3.39. The van der Waals surface area contributed by atoms with E-state index in [0.29, 0.717) is 5.75 Å². The molecule has 176 valence electrons. The molecule has 1 fully saturated rings. The van der Waals surface area contributed by atoms with Gasteiger partial charge in [0.15, 0.2) is 23.7 Å². The lowest BCUT2D eigenvalue weighted by Gasteiger charge is -2.39. The van der Waals surface area contributed by atoms with Gasteiger partial charge in [0.2, 0.25) is 0 Å². The molecule has 0 radical (unpaired) electrons. The summed E-state index contributed by atoms with van der Waals surface area (Å²) in [6.45, 7) is 3.67. The second-order valence-electron chi connectivity index (χ2n) is 7.38. The van der Waals surface area contributed by atoms with Crippen LogP contribution in [0.4, 0.5) is 0 Å². The van der Waals surface area contributed by atoms with Gasteiger partial charge in [0, 0.05) is 38.3 Å². The van der Waals surface area contributed by atoms with E-state index in [9.17, 15) is 19.5 Å². The van der Waals surface area contributed by atoms with Crippen LogP contribution >= 0.6 is 11.8 Å². The minimum Gasteiger partial charge on any atom is -0.474 e. The van der Waals surface area contributed by atoms with Crippen LogP contribution in [0.3, 0.4) is 0 Å². The Bertz CT molecular complexity index is 996. The summed E-state index contributed by atoms with van der Waals surface area (Å²) in [5.74, 6) is -1.04. The van der Waals surface area contributed by atoms with Crippen LogP contribution in [0.1, 0.15) is 26.3 Å². The number of carbonyl (C=O) groups excluding carboxylic acids is 3. The van der Waals surface area contributed by atoms with Gasteiger partial charge in [-0.2, -0.15) is 0 Å². The van der Waals surface area contributed by atoms with Gasteiger partial charge < -0.3 is 24.1 Å². The van der Waals surface area contributed by atoms with E-state index in [1.807, 2.05) is 24.3 Å². The lowest BCUT2D eigenvalue weighted by molar-refractivity contribution is -0.186. The van der Waals surface area contributed by atoms with Crippen LogP contribution in [0.25, 0.3) is 11.1 Å². The Hall–Kier alpha value is -3.11. The summed E-state index contributed by atoms with van der Waals surface area (Å²) >= 11 is 1.27. The van der Waals surface area contributed by atoms with Crippen molar-refractivity contribution in [3.05, 3.63) is 48.3 Å². The van der Waals surface area contributed by atoms with Crippen molar-refractivity contribution in [2.24, 2.45) is 0 Å². The standard InChI is InChI=1S/C23H25NO8S/c1-13(26)29-20-12-33-23(22(31-15(3)28)21(20)30-14(2)27)32-19-8-18(9-24-10-19)17-6-4-16(11-25)5-7-17/h4-10,20-23,25H,11-12H2,1-3H3/t20-,21+,22-,23?/m1/s1. The SMILES string of the molecule is CC(=O)O[C@H]1[C@H](OC(C)=O)CSC(Oc2cncc(-c3ccc(CO)cc3)c2)[C@@H]1OC(C)=O. The molecule has 1 aromatic heterocycles. The van der Waals surface area contributed by atoms with Gasteiger partial charge in [-0.3, -0.25) is 19.4 Å². The number of benzene rings is 1. The molecule has 1 aliphatic heterocycles. The summed E-state index contributed by atoms with van der Waals surface area (Å²) in [6.07, 6.45) is 0.369. The number of esters is 3. The Morgan fingerprint density at radius 3 is 2.18 bits per heavy atom. The predicted octanol–water partition coefficient (Wildman–Crippen LogP) is 2.49. The number of thioether (sulfide) groups is 1. The van der Waals surface area contributed by atoms with Gasteiger partial charge >= 0.3 is 17.9 Å². The number of ether oxygens (including phenoxy) is 4. The molecule has 10 heteroatoms. The van der Waals surface area contributed by atoms with E-state index in [1.54, 1.807) is 12.3 Å². The smallest absolute Gasteiger partial charge is 0.303 e. The number of pyridine rings is 1. The molecule has 0 spiro atoms. The first-order valence-corrected chi connectivity index (χ1v) is 11.3. The lowest BCUT2D eigenvalue weighted by atomic mass is 10.1. The maximum Gasteiger partial charge on any atom is 0.303 e. The number of hydrogen-bond acceptors (Lipinski definition) is 10. The molecule has 0 saturated carbocycles. The van der Waals surface area contributed by atoms with Gasteiger partial charge in [0.05, 0.1) is 12.8 Å². The number of aliphatic hydroxyl groups excluding tert-OH is 1. The Morgan fingerprint density at radius 1 is 0.939 bits per heavy atom. The second kappa shape index (κ2) is 11.2. The highest BCUT2D eigenvalue weighted by Crippen LogP contribution is 2.35. The minimum absolute atomic E-state index is 0.0457. The van der Waals surface area contributed by atoms with Gasteiger partial charge in [-0.05, 0) is 17.2 Å². The monoisotopic (exact) mass is 475 g/mol. The zero-order chi connectivity index (χ0) is 24.0. The van der Waals surface area contributed by atoms with E-state index >= 15 is 0 Å². The largest absolute Gasteiger partial charge is 0.474 e. The first kappa shape index (κ1) is 24.5. The van der Waals surface area contributed by atoms with E-state index < -0.39 is 41.7 Å². The van der Waals surface area contributed by atoms with Crippen molar-refractivity contribution in [1.82, 2.24) is 4.98 Å². The molecule has 33 heavy (non-hydrogen) atoms. The van der Waals surface area contributed by atoms with Crippen LogP contribution in [0, 0.1) is 0 Å². The Morgan fingerprint density at radius 2 is 1.58 bits per heavy atom. The van der Waals surface area contributed by atoms with Crippen LogP contribution in [-0.4, -0.2) is 57.5 Å². The molecule has 1 aliphatic rings. The molecule has 2 heterocycles. The average molecular weight is 476 g/mol. The van der Waals surface area contributed by atoms with Crippen molar-refractivity contribution in [3.8, 4) is 16.9 Å². The summed E-state index contributed by atoms with van der Waals surface area (Å²) in [6, 6.07) is 9.14. The number of carbonyl (C=O) groups is 3. The fraction of sp³-hybridized carbons (Fsp3) is 0.391. The Kier molecular flexibility index (Phi) is 8.29. The molecule has 0 amide bonds. The number of rotatable bonds is 7. The minimum atomic E-state index is -1.02. The van der Waals surface area contributed by atoms with Crippen LogP contribution in [0.5, 0.6) is 5.75 Å². The number of hydrogen-bond donors (Lipinski definition) is 1. The molecule has 4 atom stereocenters. The molecule has 9 nitrogen and oxygen atoms in total. The highest BCUT2D eigenvalue weighted by Gasteiger charge is 2.47. The highest BCUT2D eigenvalue weighted by atomic mass is 32.2. The third kappa shape index (κ3) is 6.69. The van der Waals surface area contributed by atoms with Gasteiger partial charge in [-0.1, -0.05) is 24.3 Å². The van der Waals surface area contributed by atoms with E-state index in [4.69, 9.17) is 18.9 Å². The molecule has 1 unspecified atom stereocenters. The van der Waals surface area contributed by atoms with Crippen molar-refractivity contribution in [2.75, 3.05) is 5.75 Å². The second-order valence-corrected chi connectivity index (χ2v) is 8.51. The van der Waals surface area contributed by atoms with Gasteiger partial charge in [0.1, 0.15) is 5.75 Å². The third-order valence-corrected chi connectivity index (χ3v) is 5.95. The Balaban J connectivity index is 1.85.